The summed E-state index contributed by atoms with van der Waals surface area (Å²) in [6.45, 7) is 17.7. The van der Waals surface area contributed by atoms with E-state index in [2.05, 4.69) is 26.0 Å². The molecule has 280 valence electrons. The van der Waals surface area contributed by atoms with Gasteiger partial charge in [-0.1, -0.05) is 59.2 Å². The van der Waals surface area contributed by atoms with Crippen LogP contribution in [0.15, 0.2) is 29.2 Å². The maximum atomic E-state index is 12.5. The van der Waals surface area contributed by atoms with Crippen molar-refractivity contribution in [2.24, 2.45) is 0 Å². The summed E-state index contributed by atoms with van der Waals surface area (Å²) in [4.78, 5) is 49.1. The Morgan fingerprint density at radius 1 is 0.680 bits per heavy atom. The van der Waals surface area contributed by atoms with Crippen LogP contribution in [0.4, 0.5) is 9.59 Å². The molecule has 50 heavy (non-hydrogen) atoms. The zero-order valence-corrected chi connectivity index (χ0v) is 41.0. The molecule has 0 spiro atoms. The fourth-order valence-corrected chi connectivity index (χ4v) is 3.68. The summed E-state index contributed by atoms with van der Waals surface area (Å²) in [5.74, 6) is 0.185. The zero-order valence-electron chi connectivity index (χ0n) is 32.9. The van der Waals surface area contributed by atoms with E-state index >= 15 is 0 Å². The van der Waals surface area contributed by atoms with Crippen molar-refractivity contribution in [1.82, 2.24) is 25.3 Å². The number of hydrogen-bond acceptors (Lipinski definition) is 8. The molecule has 15 nitrogen and oxygen atoms in total. The topological polar surface area (TPSA) is 208 Å². The Labute approximate surface area is 397 Å². The fourth-order valence-electron chi connectivity index (χ4n) is 2.73. The largest absolute Gasteiger partial charge is 3.00 e. The third-order valence-electron chi connectivity index (χ3n) is 5.56. The second-order valence-corrected chi connectivity index (χ2v) is 14.6. The van der Waals surface area contributed by atoms with Gasteiger partial charge in [-0.25, -0.2) is 8.42 Å². The van der Waals surface area contributed by atoms with Gasteiger partial charge in [-0.3, -0.25) is 19.2 Å². The standard InChI is InChI=1S/C23H41N6O4S.2C4H9NO.Co.2K.H2O/c1-18-8-10-19(11-9-18)34(32,33)26-14-17-29(15-12-24-20(30)27-22(2,3)4)16-13-25-21(31)28-23(5,6)7;2*1-4(6)5(2)3;;;;/h8-11H,12-17H2,1-7H3,(H4,24,25,27,28,30,31);2*1-3H3;;;;1H2/q-1;;;+3;2*+1;/p-3. The number of carbonyl (C=O) groups is 4. The molecule has 19 heteroatoms. The number of sulfonamides is 1. The van der Waals surface area contributed by atoms with Crippen molar-refractivity contribution >= 4 is 33.9 Å². The number of rotatable bonds is 11. The predicted octanol–water partition coefficient (Wildman–Crippen LogP) is -1.86. The Balaban J connectivity index is -0.000000259. The van der Waals surface area contributed by atoms with Crippen molar-refractivity contribution in [2.75, 3.05) is 67.5 Å². The Morgan fingerprint density at radius 3 is 1.26 bits per heavy atom. The van der Waals surface area contributed by atoms with E-state index in [1.165, 1.54) is 35.8 Å². The predicted molar refractivity (Wildman–Crippen MR) is 187 cm³/mol. The van der Waals surface area contributed by atoms with Gasteiger partial charge in [0.2, 0.25) is 11.8 Å². The molecule has 0 atom stereocenters. The van der Waals surface area contributed by atoms with Crippen molar-refractivity contribution in [3.05, 3.63) is 45.2 Å². The first-order chi connectivity index (χ1) is 20.9. The van der Waals surface area contributed by atoms with Gasteiger partial charge >= 0.3 is 120 Å². The molecule has 6 amide bonds. The first-order valence-electron chi connectivity index (χ1n) is 14.9. The van der Waals surface area contributed by atoms with Gasteiger partial charge in [-0.15, -0.1) is 6.54 Å². The number of nitrogens with zero attached hydrogens (tertiary/aromatic N) is 6. The number of benzene rings is 1. The van der Waals surface area contributed by atoms with Crippen molar-refractivity contribution in [3.8, 4) is 0 Å². The maximum absolute atomic E-state index is 12.5. The monoisotopic (exact) mass is 823 g/mol. The Bertz CT molecular complexity index is 1140. The summed E-state index contributed by atoms with van der Waals surface area (Å²) in [5, 5.41) is 13.5. The van der Waals surface area contributed by atoms with Crippen LogP contribution in [0.1, 0.15) is 61.0 Å². The minimum absolute atomic E-state index is 0. The molecule has 0 radical (unpaired) electrons. The Morgan fingerprint density at radius 2 is 0.980 bits per heavy atom. The van der Waals surface area contributed by atoms with Crippen molar-refractivity contribution in [1.29, 1.82) is 0 Å². The van der Waals surface area contributed by atoms with E-state index in [1.54, 1.807) is 40.3 Å². The van der Waals surface area contributed by atoms with Gasteiger partial charge in [0.25, 0.3) is 0 Å². The van der Waals surface area contributed by atoms with Gasteiger partial charge in [0.15, 0.2) is 12.1 Å². The second-order valence-electron chi connectivity index (χ2n) is 12.9. The second kappa shape index (κ2) is 31.6. The molecule has 1 aromatic rings. The van der Waals surface area contributed by atoms with Gasteiger partial charge in [0.1, 0.15) is 10.0 Å². The summed E-state index contributed by atoms with van der Waals surface area (Å²) in [7, 11) is 3.14. The van der Waals surface area contributed by atoms with Crippen LogP contribution in [-0.2, 0) is 36.4 Å². The molecule has 0 aliphatic rings. The van der Waals surface area contributed by atoms with Crippen LogP contribution in [0.2, 0.25) is 0 Å². The maximum Gasteiger partial charge on any atom is 3.00 e. The molecular formula is C31H58CoK2N8O7S+. The fraction of sp³-hybridized carbons (Fsp3) is 0.677. The van der Waals surface area contributed by atoms with E-state index in [4.69, 9.17) is 0 Å². The van der Waals surface area contributed by atoms with Crippen molar-refractivity contribution < 1.29 is 153 Å². The SMILES string of the molecule is CC(=O)N(C)C.CC(=O)N(C)C.Cc1ccc(S(=O)(=O)[N-]CCN(CC[N-]C(=O)NC(C)(C)C)CC[N-]C(=O)NC(C)(C)C)cc1.[Co+3].[K+].[K+].[OH-]. The normalized spacial score (nSPS) is 10.3. The van der Waals surface area contributed by atoms with Gasteiger partial charge < -0.3 is 46.2 Å². The van der Waals surface area contributed by atoms with E-state index in [0.29, 0.717) is 19.6 Å². The van der Waals surface area contributed by atoms with Crippen LogP contribution in [0.25, 0.3) is 15.4 Å². The first kappa shape index (κ1) is 62.3. The van der Waals surface area contributed by atoms with Crippen LogP contribution < -0.4 is 113 Å². The third kappa shape index (κ3) is 38.0. The molecule has 1 rings (SSSR count). The van der Waals surface area contributed by atoms with Crippen LogP contribution in [0.3, 0.4) is 0 Å². The smallest absolute Gasteiger partial charge is 0.870 e. The van der Waals surface area contributed by atoms with Gasteiger partial charge in [-0.2, -0.15) is 0 Å². The van der Waals surface area contributed by atoms with Gasteiger partial charge in [0.05, 0.1) is 0 Å². The average molecular weight is 824 g/mol. The molecule has 0 aliphatic heterocycles. The molecule has 0 bridgehead atoms. The number of nitrogens with one attached hydrogen (secondary N) is 2. The van der Waals surface area contributed by atoms with E-state index in [1.807, 2.05) is 53.4 Å². The number of aryl methyl sites for hydroxylation is 1. The number of urea groups is 2. The average Bonchev–Trinajstić information content (AvgIpc) is 2.87. The third-order valence-corrected chi connectivity index (χ3v) is 6.95. The Kier molecular flexibility index (Phi) is 39.4. The minimum Gasteiger partial charge on any atom is -0.870 e. The zero-order chi connectivity index (χ0) is 36.3. The van der Waals surface area contributed by atoms with Crippen molar-refractivity contribution in [2.45, 2.75) is 78.3 Å². The van der Waals surface area contributed by atoms with E-state index in [-0.39, 0.29) is 172 Å². The molecule has 0 heterocycles. The number of amides is 6. The van der Waals surface area contributed by atoms with E-state index < -0.39 is 22.1 Å². The molecule has 0 saturated heterocycles. The van der Waals surface area contributed by atoms with Crippen molar-refractivity contribution in [3.63, 3.8) is 0 Å². The van der Waals surface area contributed by atoms with Crippen LogP contribution in [0, 0.1) is 6.92 Å². The molecular weight excluding hydrogens is 766 g/mol. The summed E-state index contributed by atoms with van der Waals surface area (Å²) in [5.41, 5.74) is 0.189. The molecule has 0 unspecified atom stereocenters. The molecule has 0 aromatic heterocycles. The molecule has 1 aromatic carbocycles. The number of hydrogen-bond donors (Lipinski definition) is 2. The summed E-state index contributed by atoms with van der Waals surface area (Å²) in [6, 6.07) is 5.70. The summed E-state index contributed by atoms with van der Waals surface area (Å²) < 4.78 is 28.8. The summed E-state index contributed by atoms with van der Waals surface area (Å²) >= 11 is 0. The molecule has 0 saturated carbocycles. The minimum atomic E-state index is -3.76. The first-order valence-corrected chi connectivity index (χ1v) is 16.4. The van der Waals surface area contributed by atoms with Crippen LogP contribution in [-0.4, -0.2) is 131 Å². The molecule has 0 aliphatic carbocycles. The van der Waals surface area contributed by atoms with Crippen LogP contribution in [0.5, 0.6) is 0 Å². The van der Waals surface area contributed by atoms with Crippen LogP contribution >= 0.6 is 0 Å². The Hall–Kier alpha value is 0.309. The van der Waals surface area contributed by atoms with E-state index in [9.17, 15) is 27.6 Å². The van der Waals surface area contributed by atoms with Gasteiger partial charge in [-0.05, 0) is 62.9 Å². The quantitative estimate of drug-likeness (QED) is 0.242. The molecule has 3 N–H and O–H groups in total. The molecule has 0 fully saturated rings. The summed E-state index contributed by atoms with van der Waals surface area (Å²) in [6.07, 6.45) is 0. The van der Waals surface area contributed by atoms with E-state index in [0.717, 1.165) is 5.56 Å². The number of carbonyl (C=O) groups excluding carboxylic acids is 4. The van der Waals surface area contributed by atoms with Gasteiger partial charge in [0, 0.05) is 46.9 Å².